The Morgan fingerprint density at radius 3 is 2.50 bits per heavy atom. The Labute approximate surface area is 85.0 Å². The molecule has 0 aliphatic heterocycles. The van der Waals surface area contributed by atoms with Crippen molar-refractivity contribution in [1.29, 1.82) is 0 Å². The molecule has 0 N–H and O–H groups in total. The van der Waals surface area contributed by atoms with Gasteiger partial charge in [0, 0.05) is 10.1 Å². The molecule has 0 bridgehead atoms. The predicted octanol–water partition coefficient (Wildman–Crippen LogP) is 3.72. The quantitative estimate of drug-likeness (QED) is 0.464. The maximum atomic E-state index is 11.4. The van der Waals surface area contributed by atoms with Crippen molar-refractivity contribution in [2.75, 3.05) is 0 Å². The lowest BCUT2D eigenvalue weighted by Gasteiger charge is -1.97. The van der Waals surface area contributed by atoms with E-state index >= 15 is 0 Å². The second kappa shape index (κ2) is 8.73. The van der Waals surface area contributed by atoms with Crippen LogP contribution >= 0.6 is 0 Å². The molecule has 0 fully saturated rings. The lowest BCUT2D eigenvalue weighted by molar-refractivity contribution is -0.178. The number of rotatable bonds is 7. The zero-order valence-electron chi connectivity index (χ0n) is 9.01. The third-order valence-electron chi connectivity index (χ3n) is 2.15. The Balaban J connectivity index is 3.46. The molecule has 0 aromatic rings. The van der Waals surface area contributed by atoms with Gasteiger partial charge in [-0.05, 0) is 19.8 Å². The van der Waals surface area contributed by atoms with Gasteiger partial charge in [0.05, 0.1) is 0 Å². The molecule has 0 saturated carbocycles. The molecule has 0 radical (unpaired) electrons. The lowest BCUT2D eigenvalue weighted by Crippen LogP contribution is -1.98. The SMILES string of the molecule is CCCCCCCC=C(C)C(=O)OF. The van der Waals surface area contributed by atoms with Gasteiger partial charge in [-0.25, -0.2) is 9.74 Å². The van der Waals surface area contributed by atoms with Gasteiger partial charge in [-0.2, -0.15) is 0 Å². The molecule has 0 amide bonds. The van der Waals surface area contributed by atoms with Crippen LogP contribution in [0.5, 0.6) is 0 Å². The second-order valence-corrected chi connectivity index (χ2v) is 3.45. The Morgan fingerprint density at radius 1 is 1.29 bits per heavy atom. The minimum Gasteiger partial charge on any atom is -0.250 e. The van der Waals surface area contributed by atoms with E-state index in [2.05, 4.69) is 11.9 Å². The van der Waals surface area contributed by atoms with Gasteiger partial charge < -0.3 is 0 Å². The minimum atomic E-state index is -0.876. The first kappa shape index (κ1) is 13.1. The molecule has 82 valence electrons. The number of halogens is 1. The highest BCUT2D eigenvalue weighted by Crippen LogP contribution is 2.07. The first-order valence-corrected chi connectivity index (χ1v) is 5.22. The van der Waals surface area contributed by atoms with E-state index in [9.17, 15) is 9.32 Å². The van der Waals surface area contributed by atoms with E-state index in [0.717, 1.165) is 12.8 Å². The van der Waals surface area contributed by atoms with Crippen LogP contribution in [-0.4, -0.2) is 5.97 Å². The first-order valence-electron chi connectivity index (χ1n) is 5.22. The maximum Gasteiger partial charge on any atom is 0.374 e. The molecule has 0 aromatic carbocycles. The topological polar surface area (TPSA) is 26.3 Å². The summed E-state index contributed by atoms with van der Waals surface area (Å²) in [5, 5.41) is 0. The summed E-state index contributed by atoms with van der Waals surface area (Å²) in [7, 11) is 0. The van der Waals surface area contributed by atoms with E-state index in [-0.39, 0.29) is 0 Å². The number of carbonyl (C=O) groups excluding carboxylic acids is 1. The summed E-state index contributed by atoms with van der Waals surface area (Å²) < 4.78 is 11.4. The van der Waals surface area contributed by atoms with E-state index in [1.807, 2.05) is 0 Å². The zero-order chi connectivity index (χ0) is 10.8. The molecule has 0 atom stereocenters. The van der Waals surface area contributed by atoms with Crippen molar-refractivity contribution < 1.29 is 14.3 Å². The standard InChI is InChI=1S/C11H19FO2/c1-3-4-5-6-7-8-9-10(2)11(13)14-12/h9H,3-8H2,1-2H3. The van der Waals surface area contributed by atoms with Gasteiger partial charge in [-0.15, -0.1) is 0 Å². The van der Waals surface area contributed by atoms with Crippen LogP contribution in [0.15, 0.2) is 11.6 Å². The van der Waals surface area contributed by atoms with Crippen LogP contribution in [0.1, 0.15) is 52.4 Å². The van der Waals surface area contributed by atoms with Crippen LogP contribution in [0, 0.1) is 0 Å². The third kappa shape index (κ3) is 6.63. The van der Waals surface area contributed by atoms with Crippen LogP contribution in [0.25, 0.3) is 0 Å². The number of carbonyl (C=O) groups is 1. The maximum absolute atomic E-state index is 11.4. The molecule has 0 spiro atoms. The van der Waals surface area contributed by atoms with E-state index in [4.69, 9.17) is 0 Å². The number of hydrogen-bond acceptors (Lipinski definition) is 2. The van der Waals surface area contributed by atoms with Crippen LogP contribution < -0.4 is 0 Å². The number of unbranched alkanes of at least 4 members (excludes halogenated alkanes) is 5. The van der Waals surface area contributed by atoms with E-state index in [0.29, 0.717) is 5.57 Å². The van der Waals surface area contributed by atoms with Crippen LogP contribution in [0.2, 0.25) is 0 Å². The fourth-order valence-corrected chi connectivity index (χ4v) is 1.21. The van der Waals surface area contributed by atoms with Gasteiger partial charge in [0.25, 0.3) is 0 Å². The van der Waals surface area contributed by atoms with Gasteiger partial charge in [0.15, 0.2) is 0 Å². The summed E-state index contributed by atoms with van der Waals surface area (Å²) >= 11 is 0. The van der Waals surface area contributed by atoms with E-state index < -0.39 is 5.97 Å². The smallest absolute Gasteiger partial charge is 0.250 e. The van der Waals surface area contributed by atoms with Crippen LogP contribution in [-0.2, 0) is 9.74 Å². The molecule has 14 heavy (non-hydrogen) atoms. The third-order valence-corrected chi connectivity index (χ3v) is 2.15. The van der Waals surface area contributed by atoms with Crippen LogP contribution in [0.4, 0.5) is 4.53 Å². The van der Waals surface area contributed by atoms with Crippen molar-refractivity contribution in [3.05, 3.63) is 11.6 Å². The predicted molar refractivity (Wildman–Crippen MR) is 54.3 cm³/mol. The molecule has 3 heteroatoms. The molecule has 0 aliphatic carbocycles. The Kier molecular flexibility index (Phi) is 8.19. The molecular weight excluding hydrogens is 183 g/mol. The molecule has 0 rings (SSSR count). The number of hydrogen-bond donors (Lipinski definition) is 0. The van der Waals surface area contributed by atoms with Crippen molar-refractivity contribution in [1.82, 2.24) is 0 Å². The highest BCUT2D eigenvalue weighted by atomic mass is 19.3. The zero-order valence-corrected chi connectivity index (χ0v) is 9.01. The van der Waals surface area contributed by atoms with Gasteiger partial charge in [-0.3, -0.25) is 0 Å². The summed E-state index contributed by atoms with van der Waals surface area (Å²) in [5.74, 6) is -0.876. The second-order valence-electron chi connectivity index (χ2n) is 3.45. The summed E-state index contributed by atoms with van der Waals surface area (Å²) in [4.78, 5) is 13.7. The largest absolute Gasteiger partial charge is 0.374 e. The molecule has 0 heterocycles. The highest BCUT2D eigenvalue weighted by Gasteiger charge is 2.04. The summed E-state index contributed by atoms with van der Waals surface area (Å²) in [6.45, 7) is 3.73. The molecule has 0 saturated heterocycles. The molecule has 0 aliphatic rings. The van der Waals surface area contributed by atoms with Crippen molar-refractivity contribution in [3.8, 4) is 0 Å². The lowest BCUT2D eigenvalue weighted by atomic mass is 10.1. The van der Waals surface area contributed by atoms with Gasteiger partial charge in [-0.1, -0.05) is 38.7 Å². The van der Waals surface area contributed by atoms with Gasteiger partial charge in [0.1, 0.15) is 0 Å². The van der Waals surface area contributed by atoms with Crippen molar-refractivity contribution in [2.45, 2.75) is 52.4 Å². The fourth-order valence-electron chi connectivity index (χ4n) is 1.21. The van der Waals surface area contributed by atoms with Crippen LogP contribution in [0.3, 0.4) is 0 Å². The highest BCUT2D eigenvalue weighted by molar-refractivity contribution is 5.87. The molecule has 0 unspecified atom stereocenters. The Bertz CT molecular complexity index is 188. The normalized spacial score (nSPS) is 11.5. The van der Waals surface area contributed by atoms with E-state index in [1.165, 1.54) is 25.7 Å². The average molecular weight is 202 g/mol. The van der Waals surface area contributed by atoms with Gasteiger partial charge >= 0.3 is 5.97 Å². The molecular formula is C11H19FO2. The van der Waals surface area contributed by atoms with Crippen molar-refractivity contribution >= 4 is 5.97 Å². The van der Waals surface area contributed by atoms with E-state index in [1.54, 1.807) is 13.0 Å². The van der Waals surface area contributed by atoms with Gasteiger partial charge in [0.2, 0.25) is 0 Å². The Hall–Kier alpha value is -0.860. The monoisotopic (exact) mass is 202 g/mol. The van der Waals surface area contributed by atoms with Crippen molar-refractivity contribution in [3.63, 3.8) is 0 Å². The molecule has 2 nitrogen and oxygen atoms in total. The average Bonchev–Trinajstić information content (AvgIpc) is 2.21. The molecule has 0 aromatic heterocycles. The Morgan fingerprint density at radius 2 is 1.93 bits per heavy atom. The summed E-state index contributed by atoms with van der Waals surface area (Å²) in [6, 6.07) is 0. The van der Waals surface area contributed by atoms with Crippen molar-refractivity contribution in [2.24, 2.45) is 0 Å². The first-order chi connectivity index (χ1) is 6.72. The number of allylic oxidation sites excluding steroid dienone is 1. The summed E-state index contributed by atoms with van der Waals surface area (Å²) in [6.07, 6.45) is 8.49. The minimum absolute atomic E-state index is 0.350. The fraction of sp³-hybridized carbons (Fsp3) is 0.727. The summed E-state index contributed by atoms with van der Waals surface area (Å²) in [5.41, 5.74) is 0.350.